The summed E-state index contributed by atoms with van der Waals surface area (Å²) in [6.45, 7) is 2.50. The third kappa shape index (κ3) is 7.41. The first kappa shape index (κ1) is 31.1. The van der Waals surface area contributed by atoms with Gasteiger partial charge in [0.05, 0.1) is 25.8 Å². The topological polar surface area (TPSA) is 81.2 Å². The normalized spacial score (nSPS) is 14.4. The maximum absolute atomic E-state index is 15.6. The number of hydrogen-bond acceptors (Lipinski definition) is 8. The molecule has 12 heteroatoms. The van der Waals surface area contributed by atoms with E-state index in [-0.39, 0.29) is 28.6 Å². The SMILES string of the molecule is COc1ccc(CN(c2nccs2)S(=O)(=O)c2cc(Cl)c(OC3CCN(CCc4ccccc4)CC3)cc2F)c(OC)c1. The molecule has 1 aliphatic rings. The van der Waals surface area contributed by atoms with Crippen LogP contribution in [0.25, 0.3) is 0 Å². The van der Waals surface area contributed by atoms with Gasteiger partial charge >= 0.3 is 0 Å². The predicted octanol–water partition coefficient (Wildman–Crippen LogP) is 6.43. The van der Waals surface area contributed by atoms with E-state index in [2.05, 4.69) is 22.0 Å². The van der Waals surface area contributed by atoms with Crippen LogP contribution < -0.4 is 18.5 Å². The van der Waals surface area contributed by atoms with E-state index in [9.17, 15) is 8.42 Å². The number of nitrogens with zero attached hydrogens (tertiary/aromatic N) is 3. The molecule has 1 saturated heterocycles. The molecule has 1 aliphatic heterocycles. The van der Waals surface area contributed by atoms with Gasteiger partial charge in [0.2, 0.25) is 0 Å². The van der Waals surface area contributed by atoms with Gasteiger partial charge in [0, 0.05) is 48.9 Å². The van der Waals surface area contributed by atoms with Gasteiger partial charge in [-0.25, -0.2) is 22.1 Å². The summed E-state index contributed by atoms with van der Waals surface area (Å²) in [5.41, 5.74) is 1.85. The highest BCUT2D eigenvalue weighted by Gasteiger charge is 2.32. The number of thiazole rings is 1. The Hall–Kier alpha value is -3.38. The second-order valence-electron chi connectivity index (χ2n) is 10.1. The molecule has 8 nitrogen and oxygen atoms in total. The molecule has 5 rings (SSSR count). The Balaban J connectivity index is 1.30. The summed E-state index contributed by atoms with van der Waals surface area (Å²) in [4.78, 5) is 6.01. The molecule has 228 valence electrons. The van der Waals surface area contributed by atoms with Crippen LogP contribution in [-0.2, 0) is 23.0 Å². The van der Waals surface area contributed by atoms with Crippen LogP contribution in [-0.4, -0.2) is 58.3 Å². The van der Waals surface area contributed by atoms with Crippen LogP contribution in [0.15, 0.2) is 77.1 Å². The third-order valence-electron chi connectivity index (χ3n) is 7.38. The number of halogens is 2. The fourth-order valence-electron chi connectivity index (χ4n) is 5.01. The summed E-state index contributed by atoms with van der Waals surface area (Å²) in [7, 11) is -1.43. The van der Waals surface area contributed by atoms with E-state index < -0.39 is 20.7 Å². The molecule has 0 unspecified atom stereocenters. The van der Waals surface area contributed by atoms with Crippen molar-refractivity contribution in [2.45, 2.75) is 36.8 Å². The van der Waals surface area contributed by atoms with Crippen molar-refractivity contribution in [2.24, 2.45) is 0 Å². The molecule has 0 atom stereocenters. The summed E-state index contributed by atoms with van der Waals surface area (Å²) in [6, 6.07) is 17.6. The molecule has 0 radical (unpaired) electrons. The van der Waals surface area contributed by atoms with Gasteiger partial charge in [0.25, 0.3) is 10.0 Å². The molecular weight excluding hydrogens is 613 g/mol. The Bertz CT molecular complexity index is 1620. The molecular formula is C31H33ClFN3O5S2. The van der Waals surface area contributed by atoms with Crippen LogP contribution in [0.4, 0.5) is 9.52 Å². The highest BCUT2D eigenvalue weighted by atomic mass is 35.5. The number of methoxy groups -OCH3 is 2. The molecule has 0 spiro atoms. The van der Waals surface area contributed by atoms with Crippen LogP contribution in [0.2, 0.25) is 5.02 Å². The molecule has 0 N–H and O–H groups in total. The largest absolute Gasteiger partial charge is 0.497 e. The van der Waals surface area contributed by atoms with Crippen LogP contribution in [0.5, 0.6) is 17.2 Å². The lowest BCUT2D eigenvalue weighted by atomic mass is 10.1. The minimum absolute atomic E-state index is 0.0209. The molecule has 0 saturated carbocycles. The van der Waals surface area contributed by atoms with Gasteiger partial charge in [-0.2, -0.15) is 0 Å². The minimum atomic E-state index is -4.43. The number of hydrogen-bond donors (Lipinski definition) is 0. The Kier molecular flexibility index (Phi) is 10.1. The Morgan fingerprint density at radius 2 is 1.81 bits per heavy atom. The smallest absolute Gasteiger partial charge is 0.269 e. The molecule has 43 heavy (non-hydrogen) atoms. The van der Waals surface area contributed by atoms with Gasteiger partial charge in [0.1, 0.15) is 34.1 Å². The summed E-state index contributed by atoms with van der Waals surface area (Å²) in [5, 5.41) is 1.84. The fourth-order valence-corrected chi connectivity index (χ4v) is 7.63. The van der Waals surface area contributed by atoms with Gasteiger partial charge in [0.15, 0.2) is 5.13 Å². The molecule has 3 aromatic carbocycles. The number of rotatable bonds is 12. The zero-order valence-corrected chi connectivity index (χ0v) is 26.3. The highest BCUT2D eigenvalue weighted by Crippen LogP contribution is 2.36. The van der Waals surface area contributed by atoms with Gasteiger partial charge in [-0.15, -0.1) is 11.3 Å². The van der Waals surface area contributed by atoms with Crippen LogP contribution in [0.3, 0.4) is 0 Å². The summed E-state index contributed by atoms with van der Waals surface area (Å²) in [5.74, 6) is 0.140. The van der Waals surface area contributed by atoms with Crippen molar-refractivity contribution in [3.05, 3.63) is 94.2 Å². The third-order valence-corrected chi connectivity index (χ3v) is 10.3. The monoisotopic (exact) mass is 645 g/mol. The van der Waals surface area contributed by atoms with Gasteiger partial charge < -0.3 is 19.1 Å². The lowest BCUT2D eigenvalue weighted by molar-refractivity contribution is 0.101. The zero-order chi connectivity index (χ0) is 30.4. The number of benzene rings is 3. The summed E-state index contributed by atoms with van der Waals surface area (Å²) < 4.78 is 61.2. The first-order valence-corrected chi connectivity index (χ1v) is 16.5. The van der Waals surface area contributed by atoms with Crippen molar-refractivity contribution in [1.82, 2.24) is 9.88 Å². The van der Waals surface area contributed by atoms with Crippen molar-refractivity contribution in [3.8, 4) is 17.2 Å². The van der Waals surface area contributed by atoms with E-state index in [1.165, 1.54) is 26.0 Å². The first-order chi connectivity index (χ1) is 20.8. The van der Waals surface area contributed by atoms with Crippen molar-refractivity contribution in [2.75, 3.05) is 38.2 Å². The molecule has 1 aromatic heterocycles. The Morgan fingerprint density at radius 3 is 2.49 bits per heavy atom. The van der Waals surface area contributed by atoms with E-state index >= 15 is 4.39 Å². The minimum Gasteiger partial charge on any atom is -0.497 e. The standard InChI is InChI=1S/C31H33ClFN3O5S2/c1-39-25-9-8-23(28(18-25)40-2)21-36(31-34-13-17-42-31)43(37,38)30-19-26(32)29(20-27(30)33)41-24-11-15-35(16-12-24)14-10-22-6-4-3-5-7-22/h3-9,13,17-20,24H,10-12,14-16,21H2,1-2H3. The number of piperidine rings is 1. The van der Waals surface area contributed by atoms with Crippen LogP contribution in [0, 0.1) is 5.82 Å². The fraction of sp³-hybridized carbons (Fsp3) is 0.323. The Labute approximate surface area is 260 Å². The number of ether oxygens (including phenoxy) is 3. The van der Waals surface area contributed by atoms with Gasteiger partial charge in [-0.05, 0) is 43.0 Å². The lowest BCUT2D eigenvalue weighted by Crippen LogP contribution is -2.39. The second-order valence-corrected chi connectivity index (χ2v) is 13.2. The average molecular weight is 646 g/mol. The molecule has 0 aliphatic carbocycles. The number of anilines is 1. The first-order valence-electron chi connectivity index (χ1n) is 13.8. The number of likely N-dealkylation sites (tertiary alicyclic amines) is 1. The van der Waals surface area contributed by atoms with Crippen molar-refractivity contribution in [1.29, 1.82) is 0 Å². The molecule has 4 aromatic rings. The van der Waals surface area contributed by atoms with Gasteiger partial charge in [-0.3, -0.25) is 0 Å². The Morgan fingerprint density at radius 1 is 1.05 bits per heavy atom. The van der Waals surface area contributed by atoms with E-state index in [1.54, 1.807) is 23.6 Å². The number of aromatic nitrogens is 1. The highest BCUT2D eigenvalue weighted by molar-refractivity contribution is 7.93. The predicted molar refractivity (Wildman–Crippen MR) is 167 cm³/mol. The molecule has 2 heterocycles. The maximum Gasteiger partial charge on any atom is 0.269 e. The van der Waals surface area contributed by atoms with Crippen LogP contribution in [0.1, 0.15) is 24.0 Å². The van der Waals surface area contributed by atoms with E-state index in [4.69, 9.17) is 25.8 Å². The average Bonchev–Trinajstić information content (AvgIpc) is 3.56. The van der Waals surface area contributed by atoms with Crippen molar-refractivity contribution < 1.29 is 27.0 Å². The molecule has 0 bridgehead atoms. The van der Waals surface area contributed by atoms with Crippen molar-refractivity contribution in [3.63, 3.8) is 0 Å². The maximum atomic E-state index is 15.6. The molecule has 1 fully saturated rings. The zero-order valence-electron chi connectivity index (χ0n) is 23.9. The van der Waals surface area contributed by atoms with Gasteiger partial charge in [-0.1, -0.05) is 41.9 Å². The lowest BCUT2D eigenvalue weighted by Gasteiger charge is -2.32. The quantitative estimate of drug-likeness (QED) is 0.176. The van der Waals surface area contributed by atoms with E-state index in [1.807, 2.05) is 18.2 Å². The van der Waals surface area contributed by atoms with Crippen LogP contribution >= 0.6 is 22.9 Å². The van der Waals surface area contributed by atoms with Crippen molar-refractivity contribution >= 4 is 38.1 Å². The molecule has 0 amide bonds. The number of sulfonamides is 1. The van der Waals surface area contributed by atoms with E-state index in [0.29, 0.717) is 17.1 Å². The summed E-state index contributed by atoms with van der Waals surface area (Å²) >= 11 is 7.63. The summed E-state index contributed by atoms with van der Waals surface area (Å²) in [6.07, 6.45) is 3.83. The second kappa shape index (κ2) is 13.9. The van der Waals surface area contributed by atoms with E-state index in [0.717, 1.165) is 66.7 Å².